The van der Waals surface area contributed by atoms with Gasteiger partial charge in [-0.05, 0) is 18.8 Å². The van der Waals surface area contributed by atoms with Crippen molar-refractivity contribution >= 4 is 11.8 Å². The summed E-state index contributed by atoms with van der Waals surface area (Å²) in [5.74, 6) is -4.67. The lowest BCUT2D eigenvalue weighted by Crippen LogP contribution is -2.48. The number of aliphatic hydroxyl groups excluding tert-OH is 1. The second-order valence-electron chi connectivity index (χ2n) is 8.04. The van der Waals surface area contributed by atoms with Crippen LogP contribution in [0.1, 0.15) is 52.2 Å². The Morgan fingerprint density at radius 1 is 1.16 bits per heavy atom. The molecule has 164 valence electrons. The van der Waals surface area contributed by atoms with Crippen molar-refractivity contribution in [1.29, 1.82) is 0 Å². The van der Waals surface area contributed by atoms with Crippen molar-refractivity contribution in [3.05, 3.63) is 68.9 Å². The van der Waals surface area contributed by atoms with E-state index in [1.807, 2.05) is 6.92 Å². The lowest BCUT2D eigenvalue weighted by atomic mass is 9.99. The predicted octanol–water partition coefficient (Wildman–Crippen LogP) is 1.94. The normalized spacial score (nSPS) is 22.7. The Kier molecular flexibility index (Phi) is 5.34. The number of carbonyl (C=O) groups excluding carboxylic acids is 2. The molecule has 1 aromatic carbocycles. The highest BCUT2D eigenvalue weighted by atomic mass is 19.1. The fraction of sp³-hybridized carbons (Fsp3) is 0.381. The zero-order valence-electron chi connectivity index (χ0n) is 16.6. The minimum atomic E-state index is -1.16. The Morgan fingerprint density at radius 2 is 1.84 bits per heavy atom. The zero-order valence-corrected chi connectivity index (χ0v) is 16.6. The topological polar surface area (TPSA) is 91.6 Å². The van der Waals surface area contributed by atoms with E-state index >= 15 is 0 Å². The molecule has 3 unspecified atom stereocenters. The molecule has 31 heavy (non-hydrogen) atoms. The van der Waals surface area contributed by atoms with Gasteiger partial charge in [-0.25, -0.2) is 13.2 Å². The van der Waals surface area contributed by atoms with E-state index < -0.39 is 53.0 Å². The monoisotopic (exact) mass is 435 g/mol. The molecule has 1 aromatic heterocycles. The number of amides is 2. The average Bonchev–Trinajstić information content (AvgIpc) is 2.81. The molecule has 1 saturated heterocycles. The van der Waals surface area contributed by atoms with Crippen LogP contribution in [0.15, 0.2) is 29.2 Å². The van der Waals surface area contributed by atoms with Gasteiger partial charge in [0.1, 0.15) is 34.9 Å². The van der Waals surface area contributed by atoms with E-state index in [2.05, 4.69) is 5.32 Å². The number of hydrogen-bond acceptors (Lipinski definition) is 4. The highest BCUT2D eigenvalue weighted by Gasteiger charge is 2.38. The molecule has 2 aliphatic heterocycles. The van der Waals surface area contributed by atoms with Gasteiger partial charge in [0.2, 0.25) is 0 Å². The second-order valence-corrected chi connectivity index (χ2v) is 8.04. The quantitative estimate of drug-likeness (QED) is 0.771. The van der Waals surface area contributed by atoms with Crippen molar-refractivity contribution in [3.8, 4) is 0 Å². The second kappa shape index (κ2) is 7.84. The summed E-state index contributed by atoms with van der Waals surface area (Å²) in [5, 5.41) is 12.6. The van der Waals surface area contributed by atoms with E-state index in [-0.39, 0.29) is 29.8 Å². The SMILES string of the molecule is CC1CC(O)N2CC(C1)n1cc(C(=O)NCc3c(F)cc(F)cc3F)c(=O)cc1C2=O. The third-order valence-electron chi connectivity index (χ3n) is 5.78. The first-order valence-corrected chi connectivity index (χ1v) is 9.82. The molecule has 3 atom stereocenters. The van der Waals surface area contributed by atoms with E-state index in [1.165, 1.54) is 11.1 Å². The smallest absolute Gasteiger partial charge is 0.272 e. The van der Waals surface area contributed by atoms with Crippen LogP contribution >= 0.6 is 0 Å². The summed E-state index contributed by atoms with van der Waals surface area (Å²) in [6.07, 6.45) is 1.36. The molecular formula is C21H20F3N3O4. The predicted molar refractivity (Wildman–Crippen MR) is 103 cm³/mol. The number of rotatable bonds is 3. The molecular weight excluding hydrogens is 415 g/mol. The van der Waals surface area contributed by atoms with E-state index in [0.29, 0.717) is 25.0 Å². The number of hydrogen-bond donors (Lipinski definition) is 2. The lowest BCUT2D eigenvalue weighted by Gasteiger charge is -2.36. The largest absolute Gasteiger partial charge is 0.374 e. The number of nitrogens with one attached hydrogen (secondary N) is 1. The minimum Gasteiger partial charge on any atom is -0.374 e. The van der Waals surface area contributed by atoms with Crippen LogP contribution in [0, 0.1) is 23.4 Å². The average molecular weight is 435 g/mol. The highest BCUT2D eigenvalue weighted by Crippen LogP contribution is 2.33. The number of aliphatic hydroxyl groups is 1. The summed E-state index contributed by atoms with van der Waals surface area (Å²) in [6.45, 7) is 1.60. The number of halogens is 3. The van der Waals surface area contributed by atoms with Gasteiger partial charge in [0.15, 0.2) is 5.43 Å². The van der Waals surface area contributed by atoms with Crippen molar-refractivity contribution in [1.82, 2.24) is 14.8 Å². The number of benzene rings is 1. The maximum Gasteiger partial charge on any atom is 0.272 e. The van der Waals surface area contributed by atoms with Crippen molar-refractivity contribution in [2.24, 2.45) is 5.92 Å². The van der Waals surface area contributed by atoms with Gasteiger partial charge in [-0.15, -0.1) is 0 Å². The third kappa shape index (κ3) is 3.83. The summed E-state index contributed by atoms with van der Waals surface area (Å²) < 4.78 is 42.2. The third-order valence-corrected chi connectivity index (χ3v) is 5.78. The molecule has 0 saturated carbocycles. The Bertz CT molecular complexity index is 1110. The van der Waals surface area contributed by atoms with Crippen LogP contribution in [-0.4, -0.2) is 39.2 Å². The number of pyridine rings is 1. The van der Waals surface area contributed by atoms with Gasteiger partial charge in [0.25, 0.3) is 11.8 Å². The van der Waals surface area contributed by atoms with Gasteiger partial charge in [0, 0.05) is 43.0 Å². The summed E-state index contributed by atoms with van der Waals surface area (Å²) in [7, 11) is 0. The minimum absolute atomic E-state index is 0.0709. The van der Waals surface area contributed by atoms with Crippen LogP contribution in [0.5, 0.6) is 0 Å². The number of fused-ring (bicyclic) bond motifs is 4. The Hall–Kier alpha value is -3.14. The molecule has 2 aromatic rings. The molecule has 4 rings (SSSR count). The Morgan fingerprint density at radius 3 is 2.52 bits per heavy atom. The van der Waals surface area contributed by atoms with Crippen LogP contribution in [0.25, 0.3) is 0 Å². The van der Waals surface area contributed by atoms with Gasteiger partial charge >= 0.3 is 0 Å². The molecule has 2 bridgehead atoms. The Labute approximate surface area is 175 Å². The standard InChI is InChI=1S/C21H20F3N3O4/c1-10-2-12-8-27(19(29)3-10)21(31)17-6-18(28)14(9-26(12)17)20(30)25-7-13-15(23)4-11(22)5-16(13)24/h4-6,9-10,12,19,29H,2-3,7-8H2,1H3,(H,25,30). The van der Waals surface area contributed by atoms with Gasteiger partial charge in [-0.2, -0.15) is 0 Å². The van der Waals surface area contributed by atoms with Crippen molar-refractivity contribution < 1.29 is 27.9 Å². The first-order chi connectivity index (χ1) is 14.7. The maximum absolute atomic E-state index is 13.8. The maximum atomic E-state index is 13.8. The summed E-state index contributed by atoms with van der Waals surface area (Å²) in [4.78, 5) is 39.1. The van der Waals surface area contributed by atoms with E-state index in [1.54, 1.807) is 4.57 Å². The van der Waals surface area contributed by atoms with Crippen LogP contribution in [0.4, 0.5) is 13.2 Å². The zero-order chi connectivity index (χ0) is 22.4. The molecule has 2 amide bonds. The summed E-state index contributed by atoms with van der Waals surface area (Å²) in [5.41, 5.74) is -1.49. The van der Waals surface area contributed by atoms with Crippen LogP contribution in [0.3, 0.4) is 0 Å². The molecule has 1 fully saturated rings. The fourth-order valence-corrected chi connectivity index (χ4v) is 4.24. The number of carbonyl (C=O) groups is 2. The first-order valence-electron chi connectivity index (χ1n) is 9.82. The molecule has 2 aliphatic rings. The van der Waals surface area contributed by atoms with Crippen LogP contribution in [0.2, 0.25) is 0 Å². The van der Waals surface area contributed by atoms with Gasteiger partial charge in [-0.3, -0.25) is 14.4 Å². The fourth-order valence-electron chi connectivity index (χ4n) is 4.24. The van der Waals surface area contributed by atoms with Crippen LogP contribution < -0.4 is 10.7 Å². The Balaban J connectivity index is 1.63. The molecule has 0 spiro atoms. The van der Waals surface area contributed by atoms with Gasteiger partial charge in [-0.1, -0.05) is 6.92 Å². The summed E-state index contributed by atoms with van der Waals surface area (Å²) >= 11 is 0. The van der Waals surface area contributed by atoms with Gasteiger partial charge in [0.05, 0.1) is 6.04 Å². The molecule has 3 heterocycles. The van der Waals surface area contributed by atoms with Crippen molar-refractivity contribution in [2.75, 3.05) is 6.54 Å². The van der Waals surface area contributed by atoms with E-state index in [9.17, 15) is 32.7 Å². The molecule has 2 N–H and O–H groups in total. The molecule has 0 aliphatic carbocycles. The van der Waals surface area contributed by atoms with Crippen LogP contribution in [-0.2, 0) is 6.54 Å². The first kappa shape index (κ1) is 21.1. The molecule has 10 heteroatoms. The highest BCUT2D eigenvalue weighted by molar-refractivity contribution is 5.97. The number of aromatic nitrogens is 1. The van der Waals surface area contributed by atoms with Crippen molar-refractivity contribution in [2.45, 2.75) is 38.6 Å². The molecule has 7 nitrogen and oxygen atoms in total. The van der Waals surface area contributed by atoms with Crippen molar-refractivity contribution in [3.63, 3.8) is 0 Å². The lowest BCUT2D eigenvalue weighted by molar-refractivity contribution is -0.00324. The van der Waals surface area contributed by atoms with E-state index in [4.69, 9.17) is 0 Å². The summed E-state index contributed by atoms with van der Waals surface area (Å²) in [6, 6.07) is 1.80. The molecule has 0 radical (unpaired) electrons. The van der Waals surface area contributed by atoms with E-state index in [0.717, 1.165) is 6.07 Å². The van der Waals surface area contributed by atoms with Gasteiger partial charge < -0.3 is 19.9 Å². The number of nitrogens with zero attached hydrogens (tertiary/aromatic N) is 2.